The zero-order chi connectivity index (χ0) is 14.5. The topological polar surface area (TPSA) is 59.9 Å². The minimum absolute atomic E-state index is 0.0340. The Kier molecular flexibility index (Phi) is 5.23. The monoisotopic (exact) mass is 332 g/mol. The van der Waals surface area contributed by atoms with Crippen molar-refractivity contribution < 1.29 is 4.74 Å². The molecule has 0 aliphatic heterocycles. The molecule has 106 valence electrons. The fourth-order valence-corrected chi connectivity index (χ4v) is 1.87. The summed E-state index contributed by atoms with van der Waals surface area (Å²) in [7, 11) is 0. The van der Waals surface area contributed by atoms with Crippen molar-refractivity contribution in [2.24, 2.45) is 0 Å². The number of hydrogen-bond donors (Lipinski definition) is 1. The van der Waals surface area contributed by atoms with Crippen LogP contribution in [-0.4, -0.2) is 21.6 Å². The van der Waals surface area contributed by atoms with E-state index in [1.807, 2.05) is 6.92 Å². The highest BCUT2D eigenvalue weighted by Crippen LogP contribution is 2.31. The highest BCUT2D eigenvalue weighted by molar-refractivity contribution is 6.43. The first-order valence-electron chi connectivity index (χ1n) is 5.85. The number of benzene rings is 1. The Bertz CT molecular complexity index is 609. The Morgan fingerprint density at radius 1 is 1.15 bits per heavy atom. The number of nitrogens with one attached hydrogen (secondary N) is 1. The molecule has 8 heteroatoms. The summed E-state index contributed by atoms with van der Waals surface area (Å²) in [6.07, 6.45) is 0.839. The smallest absolute Gasteiger partial charge is 0.322 e. The number of anilines is 2. The third kappa shape index (κ3) is 3.85. The van der Waals surface area contributed by atoms with Crippen LogP contribution < -0.4 is 10.1 Å². The summed E-state index contributed by atoms with van der Waals surface area (Å²) in [6.45, 7) is 2.48. The first kappa shape index (κ1) is 15.1. The maximum atomic E-state index is 6.08. The first-order valence-corrected chi connectivity index (χ1v) is 6.99. The molecule has 0 unspecified atom stereocenters. The lowest BCUT2D eigenvalue weighted by Crippen LogP contribution is -2.05. The summed E-state index contributed by atoms with van der Waals surface area (Å²) in [5.41, 5.74) is 0.572. The Labute approximate surface area is 131 Å². The number of halogens is 3. The summed E-state index contributed by atoms with van der Waals surface area (Å²) in [4.78, 5) is 11.9. The maximum Gasteiger partial charge on any atom is 0.322 e. The average Bonchev–Trinajstić information content (AvgIpc) is 2.41. The van der Waals surface area contributed by atoms with Gasteiger partial charge in [0.2, 0.25) is 11.2 Å². The van der Waals surface area contributed by atoms with Crippen LogP contribution in [0.25, 0.3) is 0 Å². The molecule has 0 saturated heterocycles. The van der Waals surface area contributed by atoms with Gasteiger partial charge in [-0.1, -0.05) is 36.2 Å². The van der Waals surface area contributed by atoms with Crippen LogP contribution in [0.3, 0.4) is 0 Å². The molecule has 0 spiro atoms. The Balaban J connectivity index is 2.24. The zero-order valence-corrected chi connectivity index (χ0v) is 12.8. The molecule has 0 bridgehead atoms. The predicted molar refractivity (Wildman–Crippen MR) is 80.4 cm³/mol. The van der Waals surface area contributed by atoms with Crippen molar-refractivity contribution in [2.45, 2.75) is 13.3 Å². The molecule has 20 heavy (non-hydrogen) atoms. The van der Waals surface area contributed by atoms with E-state index in [1.54, 1.807) is 18.2 Å². The Hall–Kier alpha value is -1.30. The Morgan fingerprint density at radius 3 is 2.70 bits per heavy atom. The molecular weight excluding hydrogens is 323 g/mol. The average molecular weight is 334 g/mol. The largest absolute Gasteiger partial charge is 0.463 e. The molecule has 5 nitrogen and oxygen atoms in total. The number of ether oxygens (including phenoxy) is 1. The van der Waals surface area contributed by atoms with Gasteiger partial charge in [-0.15, -0.1) is 0 Å². The highest BCUT2D eigenvalue weighted by Gasteiger charge is 2.09. The van der Waals surface area contributed by atoms with Crippen molar-refractivity contribution >= 4 is 46.4 Å². The van der Waals surface area contributed by atoms with Crippen molar-refractivity contribution in [1.29, 1.82) is 0 Å². The van der Waals surface area contributed by atoms with Gasteiger partial charge in [0.05, 0.1) is 22.3 Å². The third-order valence-corrected chi connectivity index (χ3v) is 3.21. The van der Waals surface area contributed by atoms with Crippen molar-refractivity contribution in [2.75, 3.05) is 11.9 Å². The number of hydrogen-bond acceptors (Lipinski definition) is 5. The normalized spacial score (nSPS) is 10.4. The van der Waals surface area contributed by atoms with Crippen LogP contribution in [0, 0.1) is 0 Å². The second-order valence-corrected chi connectivity index (χ2v) is 4.91. The second kappa shape index (κ2) is 6.92. The van der Waals surface area contributed by atoms with Gasteiger partial charge in [-0.05, 0) is 30.2 Å². The van der Waals surface area contributed by atoms with Crippen LogP contribution >= 0.6 is 34.8 Å². The molecule has 0 aliphatic carbocycles. The van der Waals surface area contributed by atoms with Crippen LogP contribution in [0.5, 0.6) is 6.01 Å². The van der Waals surface area contributed by atoms with E-state index in [2.05, 4.69) is 20.3 Å². The predicted octanol–water partition coefficient (Wildman–Crippen LogP) is 4.36. The van der Waals surface area contributed by atoms with E-state index in [1.165, 1.54) is 0 Å². The molecule has 1 N–H and O–H groups in total. The zero-order valence-electron chi connectivity index (χ0n) is 10.5. The van der Waals surface area contributed by atoms with Crippen LogP contribution in [0.15, 0.2) is 18.2 Å². The minimum atomic E-state index is 0.0340. The van der Waals surface area contributed by atoms with Gasteiger partial charge in [0, 0.05) is 0 Å². The molecule has 2 aromatic rings. The van der Waals surface area contributed by atoms with Gasteiger partial charge in [0.1, 0.15) is 0 Å². The van der Waals surface area contributed by atoms with E-state index < -0.39 is 0 Å². The van der Waals surface area contributed by atoms with Gasteiger partial charge in [0.25, 0.3) is 0 Å². The standard InChI is InChI=1S/C12H11Cl3N4O/c1-2-6-20-12-18-10(15)17-11(19-12)16-8-5-3-4-7(13)9(8)14/h3-5H,2,6H2,1H3,(H,16,17,18,19). The molecule has 2 rings (SSSR count). The fourth-order valence-electron chi connectivity index (χ4n) is 1.37. The SMILES string of the molecule is CCCOc1nc(Cl)nc(Nc2cccc(Cl)c2Cl)n1. The van der Waals surface area contributed by atoms with Crippen LogP contribution in [0.4, 0.5) is 11.6 Å². The Morgan fingerprint density at radius 2 is 1.95 bits per heavy atom. The summed E-state index contributed by atoms with van der Waals surface area (Å²) < 4.78 is 5.32. The van der Waals surface area contributed by atoms with Gasteiger partial charge in [-0.3, -0.25) is 0 Å². The number of nitrogens with zero attached hydrogens (tertiary/aromatic N) is 3. The molecule has 0 fully saturated rings. The molecule has 0 atom stereocenters. The summed E-state index contributed by atoms with van der Waals surface area (Å²) in [5.74, 6) is 0.236. The van der Waals surface area contributed by atoms with Gasteiger partial charge < -0.3 is 10.1 Å². The van der Waals surface area contributed by atoms with E-state index in [9.17, 15) is 0 Å². The lowest BCUT2D eigenvalue weighted by atomic mass is 10.3. The van der Waals surface area contributed by atoms with E-state index in [-0.39, 0.29) is 17.2 Å². The number of rotatable bonds is 5. The lowest BCUT2D eigenvalue weighted by molar-refractivity contribution is 0.292. The molecule has 0 amide bonds. The molecule has 0 radical (unpaired) electrons. The van der Waals surface area contributed by atoms with Crippen molar-refractivity contribution in [1.82, 2.24) is 15.0 Å². The van der Waals surface area contributed by atoms with Crippen molar-refractivity contribution in [3.8, 4) is 6.01 Å². The molecule has 0 saturated carbocycles. The lowest BCUT2D eigenvalue weighted by Gasteiger charge is -2.09. The maximum absolute atomic E-state index is 6.08. The van der Waals surface area contributed by atoms with Gasteiger partial charge in [-0.2, -0.15) is 15.0 Å². The minimum Gasteiger partial charge on any atom is -0.463 e. The van der Waals surface area contributed by atoms with Crippen LogP contribution in [0.2, 0.25) is 15.3 Å². The second-order valence-electron chi connectivity index (χ2n) is 3.79. The molecular formula is C12H11Cl3N4O. The van der Waals surface area contributed by atoms with Gasteiger partial charge in [0.15, 0.2) is 0 Å². The van der Waals surface area contributed by atoms with Crippen molar-refractivity contribution in [3.63, 3.8) is 0 Å². The van der Waals surface area contributed by atoms with Gasteiger partial charge in [-0.25, -0.2) is 0 Å². The summed E-state index contributed by atoms with van der Waals surface area (Å²) in [6, 6.07) is 5.35. The van der Waals surface area contributed by atoms with Crippen molar-refractivity contribution in [3.05, 3.63) is 33.5 Å². The first-order chi connectivity index (χ1) is 9.60. The molecule has 1 aromatic carbocycles. The van der Waals surface area contributed by atoms with Gasteiger partial charge >= 0.3 is 6.01 Å². The summed E-state index contributed by atoms with van der Waals surface area (Å²) in [5, 5.41) is 3.77. The quantitative estimate of drug-likeness (QED) is 0.880. The molecule has 0 aliphatic rings. The number of aromatic nitrogens is 3. The molecule has 1 aromatic heterocycles. The van der Waals surface area contributed by atoms with Crippen LogP contribution in [-0.2, 0) is 0 Å². The van der Waals surface area contributed by atoms with E-state index in [0.29, 0.717) is 22.3 Å². The fraction of sp³-hybridized carbons (Fsp3) is 0.250. The van der Waals surface area contributed by atoms with E-state index >= 15 is 0 Å². The molecule has 1 heterocycles. The van der Waals surface area contributed by atoms with Crippen LogP contribution in [0.1, 0.15) is 13.3 Å². The third-order valence-electron chi connectivity index (χ3n) is 2.22. The summed E-state index contributed by atoms with van der Waals surface area (Å²) >= 11 is 17.8. The van der Waals surface area contributed by atoms with E-state index in [4.69, 9.17) is 39.5 Å². The highest BCUT2D eigenvalue weighted by atomic mass is 35.5. The van der Waals surface area contributed by atoms with E-state index in [0.717, 1.165) is 6.42 Å².